The highest BCUT2D eigenvalue weighted by molar-refractivity contribution is 5.96. The SMILES string of the molecule is COC(=O)c1ccccc1OC(=O)c1ccc2c(c1)C1C=CCC1C(c1ccc([N+](=O)[O-])cc1)N2. The Morgan fingerprint density at radius 1 is 1.03 bits per heavy atom. The second-order valence-corrected chi connectivity index (χ2v) is 8.50. The van der Waals surface area contributed by atoms with Crippen molar-refractivity contribution in [2.75, 3.05) is 12.4 Å². The van der Waals surface area contributed by atoms with Gasteiger partial charge < -0.3 is 14.8 Å². The summed E-state index contributed by atoms with van der Waals surface area (Å²) < 4.78 is 10.3. The first-order valence-electron chi connectivity index (χ1n) is 11.2. The zero-order chi connectivity index (χ0) is 24.5. The third-order valence-electron chi connectivity index (χ3n) is 6.56. The third-order valence-corrected chi connectivity index (χ3v) is 6.56. The van der Waals surface area contributed by atoms with Crippen LogP contribution in [0.3, 0.4) is 0 Å². The second-order valence-electron chi connectivity index (χ2n) is 8.50. The maximum Gasteiger partial charge on any atom is 0.343 e. The standard InChI is InChI=1S/C27H22N2O6/c1-34-27(31)21-5-2-3-8-24(21)35-26(30)17-11-14-23-22(15-17)19-6-4-7-20(19)25(28-23)16-9-12-18(13-10-16)29(32)33/h2-6,8-15,19-20,25,28H,7H2,1H3. The van der Waals surface area contributed by atoms with Crippen molar-refractivity contribution >= 4 is 23.3 Å². The van der Waals surface area contributed by atoms with Gasteiger partial charge in [-0.2, -0.15) is 0 Å². The zero-order valence-corrected chi connectivity index (χ0v) is 18.8. The van der Waals surface area contributed by atoms with Crippen molar-refractivity contribution in [3.8, 4) is 5.75 Å². The van der Waals surface area contributed by atoms with Crippen LogP contribution < -0.4 is 10.1 Å². The zero-order valence-electron chi connectivity index (χ0n) is 18.8. The number of fused-ring (bicyclic) bond motifs is 3. The van der Waals surface area contributed by atoms with Crippen LogP contribution in [0.15, 0.2) is 78.9 Å². The molecule has 5 rings (SSSR count). The second kappa shape index (κ2) is 9.06. The summed E-state index contributed by atoms with van der Waals surface area (Å²) in [6.07, 6.45) is 5.12. The van der Waals surface area contributed by atoms with Crippen molar-refractivity contribution in [3.05, 3.63) is 111 Å². The number of hydrogen-bond acceptors (Lipinski definition) is 7. The molecule has 2 aliphatic rings. The Morgan fingerprint density at radius 2 is 1.80 bits per heavy atom. The number of rotatable bonds is 5. The van der Waals surface area contributed by atoms with Gasteiger partial charge in [-0.05, 0) is 53.8 Å². The average Bonchev–Trinajstić information content (AvgIpc) is 3.38. The van der Waals surface area contributed by atoms with E-state index in [0.717, 1.165) is 23.2 Å². The molecule has 3 aromatic carbocycles. The van der Waals surface area contributed by atoms with E-state index in [4.69, 9.17) is 9.47 Å². The van der Waals surface area contributed by atoms with E-state index in [2.05, 4.69) is 17.5 Å². The van der Waals surface area contributed by atoms with E-state index in [1.165, 1.54) is 25.3 Å². The van der Waals surface area contributed by atoms with E-state index in [9.17, 15) is 19.7 Å². The highest BCUT2D eigenvalue weighted by Gasteiger charge is 2.38. The fourth-order valence-electron chi connectivity index (χ4n) is 4.85. The topological polar surface area (TPSA) is 108 Å². The Morgan fingerprint density at radius 3 is 2.54 bits per heavy atom. The van der Waals surface area contributed by atoms with Crippen LogP contribution in [0.5, 0.6) is 5.75 Å². The lowest BCUT2D eigenvalue weighted by atomic mass is 9.76. The number of hydrogen-bond donors (Lipinski definition) is 1. The van der Waals surface area contributed by atoms with Crippen LogP contribution in [-0.2, 0) is 4.74 Å². The van der Waals surface area contributed by atoms with Crippen molar-refractivity contribution in [1.82, 2.24) is 0 Å². The van der Waals surface area contributed by atoms with Gasteiger partial charge in [-0.25, -0.2) is 9.59 Å². The molecule has 0 aromatic heterocycles. The summed E-state index contributed by atoms with van der Waals surface area (Å²) >= 11 is 0. The number of ether oxygens (including phenoxy) is 2. The Balaban J connectivity index is 1.42. The number of esters is 2. The number of benzene rings is 3. The molecule has 0 fully saturated rings. The molecule has 3 aromatic rings. The highest BCUT2D eigenvalue weighted by Crippen LogP contribution is 2.50. The number of nitrogens with zero attached hydrogens (tertiary/aromatic N) is 1. The number of methoxy groups -OCH3 is 1. The summed E-state index contributed by atoms with van der Waals surface area (Å²) in [6.45, 7) is 0. The Bertz CT molecular complexity index is 1350. The first-order valence-corrected chi connectivity index (χ1v) is 11.2. The van der Waals surface area contributed by atoms with E-state index in [1.807, 2.05) is 12.1 Å². The predicted octanol–water partition coefficient (Wildman–Crippen LogP) is 5.43. The Labute approximate surface area is 201 Å². The maximum atomic E-state index is 13.0. The van der Waals surface area contributed by atoms with Gasteiger partial charge in [0.2, 0.25) is 0 Å². The molecule has 176 valence electrons. The first-order chi connectivity index (χ1) is 17.0. The predicted molar refractivity (Wildman–Crippen MR) is 129 cm³/mol. The molecule has 1 aliphatic carbocycles. The van der Waals surface area contributed by atoms with Crippen molar-refractivity contribution in [1.29, 1.82) is 0 Å². The normalized spacial score (nSPS) is 19.7. The molecule has 8 heteroatoms. The molecule has 35 heavy (non-hydrogen) atoms. The Kier molecular flexibility index (Phi) is 5.78. The van der Waals surface area contributed by atoms with Gasteiger partial charge in [0, 0.05) is 23.7 Å². The van der Waals surface area contributed by atoms with Gasteiger partial charge in [0.25, 0.3) is 5.69 Å². The van der Waals surface area contributed by atoms with E-state index in [1.54, 1.807) is 36.4 Å². The van der Waals surface area contributed by atoms with Gasteiger partial charge >= 0.3 is 11.9 Å². The number of allylic oxidation sites excluding steroid dienone is 2. The summed E-state index contributed by atoms with van der Waals surface area (Å²) in [6, 6.07) is 18.4. The van der Waals surface area contributed by atoms with Crippen LogP contribution >= 0.6 is 0 Å². The number of carbonyl (C=O) groups is 2. The lowest BCUT2D eigenvalue weighted by molar-refractivity contribution is -0.384. The lowest BCUT2D eigenvalue weighted by Crippen LogP contribution is -2.29. The number of nitro groups is 1. The van der Waals surface area contributed by atoms with E-state index >= 15 is 0 Å². The molecule has 0 radical (unpaired) electrons. The van der Waals surface area contributed by atoms with Crippen molar-refractivity contribution in [2.24, 2.45) is 5.92 Å². The summed E-state index contributed by atoms with van der Waals surface area (Å²) in [4.78, 5) is 35.6. The summed E-state index contributed by atoms with van der Waals surface area (Å²) in [7, 11) is 1.27. The van der Waals surface area contributed by atoms with Gasteiger partial charge in [0.15, 0.2) is 0 Å². The summed E-state index contributed by atoms with van der Waals surface area (Å²) in [5.41, 5.74) is 3.46. The molecule has 1 heterocycles. The molecular formula is C27H22N2O6. The first kappa shape index (κ1) is 22.3. The molecule has 0 amide bonds. The largest absolute Gasteiger partial charge is 0.465 e. The van der Waals surface area contributed by atoms with Gasteiger partial charge in [0.05, 0.1) is 23.6 Å². The smallest absolute Gasteiger partial charge is 0.343 e. The molecule has 0 saturated carbocycles. The number of nitro benzene ring substituents is 1. The summed E-state index contributed by atoms with van der Waals surface area (Å²) in [5.74, 6) is -0.728. The van der Waals surface area contributed by atoms with Crippen molar-refractivity contribution < 1.29 is 24.0 Å². The minimum Gasteiger partial charge on any atom is -0.465 e. The number of nitrogens with one attached hydrogen (secondary N) is 1. The molecule has 1 N–H and O–H groups in total. The molecule has 8 nitrogen and oxygen atoms in total. The molecule has 3 unspecified atom stereocenters. The van der Waals surface area contributed by atoms with Crippen LogP contribution in [0.4, 0.5) is 11.4 Å². The van der Waals surface area contributed by atoms with Gasteiger partial charge in [-0.3, -0.25) is 10.1 Å². The highest BCUT2D eigenvalue weighted by atomic mass is 16.6. The number of carbonyl (C=O) groups excluding carboxylic acids is 2. The van der Waals surface area contributed by atoms with Crippen LogP contribution in [0.25, 0.3) is 0 Å². The van der Waals surface area contributed by atoms with Crippen molar-refractivity contribution in [3.63, 3.8) is 0 Å². The van der Waals surface area contributed by atoms with Crippen LogP contribution in [-0.4, -0.2) is 24.0 Å². The number of anilines is 1. The average molecular weight is 470 g/mol. The number of non-ortho nitro benzene ring substituents is 1. The molecule has 0 saturated heterocycles. The molecule has 0 bridgehead atoms. The molecule has 0 spiro atoms. The monoisotopic (exact) mass is 470 g/mol. The van der Waals surface area contributed by atoms with E-state index in [0.29, 0.717) is 5.56 Å². The van der Waals surface area contributed by atoms with E-state index in [-0.39, 0.29) is 34.9 Å². The van der Waals surface area contributed by atoms with Gasteiger partial charge in [0.1, 0.15) is 11.3 Å². The minimum absolute atomic E-state index is 0.0203. The molecule has 3 atom stereocenters. The maximum absolute atomic E-state index is 13.0. The van der Waals surface area contributed by atoms with Crippen molar-refractivity contribution in [2.45, 2.75) is 18.4 Å². The molecule has 1 aliphatic heterocycles. The van der Waals surface area contributed by atoms with Gasteiger partial charge in [-0.1, -0.05) is 36.4 Å². The summed E-state index contributed by atoms with van der Waals surface area (Å²) in [5, 5.41) is 14.6. The van der Waals surface area contributed by atoms with E-state index < -0.39 is 16.9 Å². The van der Waals surface area contributed by atoms with Crippen LogP contribution in [0, 0.1) is 16.0 Å². The molecular weight excluding hydrogens is 448 g/mol. The van der Waals surface area contributed by atoms with Crippen LogP contribution in [0.1, 0.15) is 50.2 Å². The minimum atomic E-state index is -0.584. The van der Waals surface area contributed by atoms with Gasteiger partial charge in [-0.15, -0.1) is 0 Å². The quantitative estimate of drug-likeness (QED) is 0.174. The fourth-order valence-corrected chi connectivity index (χ4v) is 4.85. The Hall–Kier alpha value is -4.46. The third kappa shape index (κ3) is 4.14. The van der Waals surface area contributed by atoms with Crippen LogP contribution in [0.2, 0.25) is 0 Å². The lowest BCUT2D eigenvalue weighted by Gasteiger charge is -2.37. The number of para-hydroxylation sites is 1. The fraction of sp³-hybridized carbons (Fsp3) is 0.185.